The van der Waals surface area contributed by atoms with Gasteiger partial charge in [0.2, 0.25) is 0 Å². The molecule has 2 aromatic rings. The summed E-state index contributed by atoms with van der Waals surface area (Å²) in [6, 6.07) is 7.60. The fourth-order valence-electron chi connectivity index (χ4n) is 1.27. The van der Waals surface area contributed by atoms with E-state index in [1.165, 1.54) is 6.20 Å². The number of hydrogen-bond donors (Lipinski definition) is 2. The smallest absolute Gasteiger partial charge is 0.346 e. The summed E-state index contributed by atoms with van der Waals surface area (Å²) >= 11 is 3.34. The highest BCUT2D eigenvalue weighted by atomic mass is 79.9. The van der Waals surface area contributed by atoms with E-state index in [0.29, 0.717) is 5.82 Å². The Morgan fingerprint density at radius 1 is 1.27 bits per heavy atom. The van der Waals surface area contributed by atoms with Gasteiger partial charge in [0.25, 0.3) is 0 Å². The van der Waals surface area contributed by atoms with Gasteiger partial charge in [-0.15, -0.1) is 0 Å². The fourth-order valence-corrected chi connectivity index (χ4v) is 1.53. The quantitative estimate of drug-likeness (QED) is 0.826. The molecule has 0 saturated heterocycles. The topological polar surface area (TPSA) is 71.8 Å². The van der Waals surface area contributed by atoms with Crippen LogP contribution in [0.3, 0.4) is 0 Å². The van der Waals surface area contributed by atoms with Crippen molar-refractivity contribution in [2.45, 2.75) is 0 Å². The zero-order valence-electron chi connectivity index (χ0n) is 7.70. The zero-order chi connectivity index (χ0) is 10.8. The number of hydrogen-bond acceptors (Lipinski definition) is 3. The minimum Gasteiger partial charge on any atom is -0.385 e. The maximum atomic E-state index is 10.9. The van der Waals surface area contributed by atoms with Crippen LogP contribution in [0.15, 0.2) is 39.7 Å². The molecule has 1 aromatic carbocycles. The molecular formula is C10H8BrN3O. The molecular weight excluding hydrogens is 258 g/mol. The van der Waals surface area contributed by atoms with Gasteiger partial charge in [-0.2, -0.15) is 0 Å². The van der Waals surface area contributed by atoms with Crippen molar-refractivity contribution in [3.8, 4) is 11.1 Å². The van der Waals surface area contributed by atoms with Gasteiger partial charge in [-0.05, 0) is 17.7 Å². The van der Waals surface area contributed by atoms with Gasteiger partial charge in [0.05, 0.1) is 0 Å². The van der Waals surface area contributed by atoms with E-state index in [4.69, 9.17) is 5.73 Å². The van der Waals surface area contributed by atoms with Crippen LogP contribution in [0.4, 0.5) is 5.82 Å². The summed E-state index contributed by atoms with van der Waals surface area (Å²) in [7, 11) is 0. The lowest BCUT2D eigenvalue weighted by Gasteiger charge is -2.03. The summed E-state index contributed by atoms with van der Waals surface area (Å²) in [5, 5.41) is 0. The van der Waals surface area contributed by atoms with Gasteiger partial charge in [-0.1, -0.05) is 28.1 Å². The molecule has 0 amide bonds. The van der Waals surface area contributed by atoms with Crippen molar-refractivity contribution in [3.63, 3.8) is 0 Å². The monoisotopic (exact) mass is 265 g/mol. The fraction of sp³-hybridized carbons (Fsp3) is 0. The first-order valence-corrected chi connectivity index (χ1v) is 5.07. The van der Waals surface area contributed by atoms with Crippen molar-refractivity contribution in [1.82, 2.24) is 9.97 Å². The van der Waals surface area contributed by atoms with Gasteiger partial charge in [0.15, 0.2) is 0 Å². The van der Waals surface area contributed by atoms with E-state index in [2.05, 4.69) is 25.9 Å². The Bertz CT molecular complexity index is 533. The Morgan fingerprint density at radius 2 is 1.93 bits per heavy atom. The number of anilines is 1. The lowest BCUT2D eigenvalue weighted by molar-refractivity contribution is 1.09. The first kappa shape index (κ1) is 9.92. The number of halogens is 1. The Kier molecular flexibility index (Phi) is 2.55. The highest BCUT2D eigenvalue weighted by molar-refractivity contribution is 9.10. The van der Waals surface area contributed by atoms with Gasteiger partial charge in [-0.3, -0.25) is 4.98 Å². The number of aromatic nitrogens is 2. The minimum absolute atomic E-state index is 0.331. The Balaban J connectivity index is 2.54. The lowest BCUT2D eigenvalue weighted by atomic mass is 10.1. The van der Waals surface area contributed by atoms with Crippen LogP contribution < -0.4 is 11.4 Å². The van der Waals surface area contributed by atoms with Crippen LogP contribution in [0, 0.1) is 0 Å². The highest BCUT2D eigenvalue weighted by Crippen LogP contribution is 2.23. The average Bonchev–Trinajstić information content (AvgIpc) is 2.20. The molecule has 5 heteroatoms. The van der Waals surface area contributed by atoms with Crippen LogP contribution in [0.5, 0.6) is 0 Å². The maximum Gasteiger partial charge on any atom is 0.346 e. The summed E-state index contributed by atoms with van der Waals surface area (Å²) in [5.74, 6) is 0.331. The second-order valence-electron chi connectivity index (χ2n) is 3.02. The molecule has 0 radical (unpaired) electrons. The normalized spacial score (nSPS) is 10.2. The number of benzene rings is 1. The van der Waals surface area contributed by atoms with Crippen molar-refractivity contribution < 1.29 is 0 Å². The predicted molar refractivity (Wildman–Crippen MR) is 62.4 cm³/mol. The van der Waals surface area contributed by atoms with Crippen LogP contribution in [0.25, 0.3) is 11.1 Å². The third kappa shape index (κ3) is 2.07. The van der Waals surface area contributed by atoms with E-state index >= 15 is 0 Å². The summed E-state index contributed by atoms with van der Waals surface area (Å²) in [4.78, 5) is 17.0. The molecule has 0 fully saturated rings. The summed E-state index contributed by atoms with van der Waals surface area (Å²) in [6.45, 7) is 0. The molecule has 0 aliphatic carbocycles. The van der Waals surface area contributed by atoms with Crippen LogP contribution in [0.2, 0.25) is 0 Å². The van der Waals surface area contributed by atoms with Crippen LogP contribution in [-0.2, 0) is 0 Å². The minimum atomic E-state index is -0.437. The Morgan fingerprint density at radius 3 is 2.53 bits per heavy atom. The molecule has 1 aromatic heterocycles. The van der Waals surface area contributed by atoms with E-state index in [9.17, 15) is 4.79 Å². The van der Waals surface area contributed by atoms with E-state index < -0.39 is 5.69 Å². The number of H-pyrrole nitrogens is 1. The summed E-state index contributed by atoms with van der Waals surface area (Å²) < 4.78 is 0.988. The van der Waals surface area contributed by atoms with Crippen LogP contribution in [-0.4, -0.2) is 9.97 Å². The van der Waals surface area contributed by atoms with Gasteiger partial charge >= 0.3 is 5.69 Å². The van der Waals surface area contributed by atoms with Crippen LogP contribution >= 0.6 is 15.9 Å². The SMILES string of the molecule is Nc1[nH]c(=O)ncc1-c1ccc(Br)cc1. The van der Waals surface area contributed by atoms with Gasteiger partial charge in [0.1, 0.15) is 5.82 Å². The lowest BCUT2D eigenvalue weighted by Crippen LogP contribution is -2.12. The molecule has 0 saturated carbocycles. The third-order valence-electron chi connectivity index (χ3n) is 2.00. The summed E-state index contributed by atoms with van der Waals surface area (Å²) in [5.41, 5.74) is 6.89. The highest BCUT2D eigenvalue weighted by Gasteiger charge is 2.03. The number of nitrogens with two attached hydrogens (primary N) is 1. The van der Waals surface area contributed by atoms with Gasteiger partial charge < -0.3 is 5.73 Å². The first-order valence-electron chi connectivity index (χ1n) is 4.27. The number of rotatable bonds is 1. The second-order valence-corrected chi connectivity index (χ2v) is 3.94. The Hall–Kier alpha value is -1.62. The van der Waals surface area contributed by atoms with E-state index in [1.54, 1.807) is 0 Å². The molecule has 0 spiro atoms. The molecule has 0 unspecified atom stereocenters. The van der Waals surface area contributed by atoms with Crippen molar-refractivity contribution in [3.05, 3.63) is 45.4 Å². The van der Waals surface area contributed by atoms with Gasteiger partial charge in [0, 0.05) is 16.2 Å². The third-order valence-corrected chi connectivity index (χ3v) is 2.53. The van der Waals surface area contributed by atoms with E-state index in [-0.39, 0.29) is 0 Å². The number of nitrogen functional groups attached to an aromatic ring is 1. The van der Waals surface area contributed by atoms with E-state index in [0.717, 1.165) is 15.6 Å². The molecule has 0 bridgehead atoms. The van der Waals surface area contributed by atoms with Crippen molar-refractivity contribution in [2.75, 3.05) is 5.73 Å². The second kappa shape index (κ2) is 3.86. The molecule has 0 aliphatic rings. The van der Waals surface area contributed by atoms with Crippen LogP contribution in [0.1, 0.15) is 0 Å². The van der Waals surface area contributed by atoms with Crippen molar-refractivity contribution in [2.24, 2.45) is 0 Å². The Labute approximate surface area is 94.3 Å². The number of aromatic amines is 1. The molecule has 0 aliphatic heterocycles. The molecule has 76 valence electrons. The molecule has 4 nitrogen and oxygen atoms in total. The predicted octanol–water partition coefficient (Wildman–Crippen LogP) is 1.78. The maximum absolute atomic E-state index is 10.9. The average molecular weight is 266 g/mol. The number of nitrogens with zero attached hydrogens (tertiary/aromatic N) is 1. The molecule has 15 heavy (non-hydrogen) atoms. The summed E-state index contributed by atoms with van der Waals surface area (Å²) in [6.07, 6.45) is 1.47. The van der Waals surface area contributed by atoms with Crippen molar-refractivity contribution >= 4 is 21.7 Å². The molecule has 3 N–H and O–H groups in total. The largest absolute Gasteiger partial charge is 0.385 e. The van der Waals surface area contributed by atoms with Crippen molar-refractivity contribution in [1.29, 1.82) is 0 Å². The first-order chi connectivity index (χ1) is 7.16. The number of nitrogens with one attached hydrogen (secondary N) is 1. The van der Waals surface area contributed by atoms with E-state index in [1.807, 2.05) is 24.3 Å². The molecule has 1 heterocycles. The van der Waals surface area contributed by atoms with Gasteiger partial charge in [-0.25, -0.2) is 9.78 Å². The molecule has 2 rings (SSSR count). The standard InChI is InChI=1S/C10H8BrN3O/c11-7-3-1-6(2-4-7)8-5-13-10(15)14-9(8)12/h1-5H,(H3,12,13,14,15). The zero-order valence-corrected chi connectivity index (χ0v) is 9.28. The molecule has 0 atom stereocenters.